The number of nitrogens with one attached hydrogen (secondary N) is 2. The Balaban J connectivity index is 2.00. The quantitative estimate of drug-likeness (QED) is 0.783. The van der Waals surface area contributed by atoms with Crippen LogP contribution in [0.4, 0.5) is 10.5 Å². The topological polar surface area (TPSA) is 61.4 Å². The largest absolute Gasteiger partial charge is 0.329 e. The first-order valence-electron chi connectivity index (χ1n) is 7.65. The van der Waals surface area contributed by atoms with E-state index < -0.39 is 5.54 Å². The number of anilines is 1. The van der Waals surface area contributed by atoms with Crippen LogP contribution in [0.1, 0.15) is 40.5 Å². The summed E-state index contributed by atoms with van der Waals surface area (Å²) in [5.41, 5.74) is -0.657. The highest BCUT2D eigenvalue weighted by molar-refractivity contribution is 6.23. The molecule has 1 spiro atoms. The number of carbonyl (C=O) groups is 2. The van der Waals surface area contributed by atoms with Crippen molar-refractivity contribution in [2.45, 2.75) is 57.2 Å². The number of carbonyl (C=O) groups excluding carboxylic acids is 2. The number of para-hydroxylation sites is 1. The van der Waals surface area contributed by atoms with E-state index in [9.17, 15) is 9.59 Å². The Kier molecular flexibility index (Phi) is 3.11. The summed E-state index contributed by atoms with van der Waals surface area (Å²) < 4.78 is 0. The summed E-state index contributed by atoms with van der Waals surface area (Å²) >= 11 is 0. The minimum Gasteiger partial charge on any atom is -0.323 e. The molecular weight excluding hydrogens is 278 g/mol. The van der Waals surface area contributed by atoms with Crippen LogP contribution in [-0.4, -0.2) is 28.6 Å². The van der Waals surface area contributed by atoms with Gasteiger partial charge in [0.25, 0.3) is 5.91 Å². The van der Waals surface area contributed by atoms with Crippen LogP contribution in [0, 0.1) is 0 Å². The Morgan fingerprint density at radius 2 is 1.50 bits per heavy atom. The number of amides is 3. The maximum atomic E-state index is 13.1. The fraction of sp³-hybridized carbons (Fsp3) is 0.529. The average molecular weight is 301 g/mol. The summed E-state index contributed by atoms with van der Waals surface area (Å²) in [6.07, 6.45) is 1.16. The van der Waals surface area contributed by atoms with Gasteiger partial charge in [-0.05, 0) is 52.7 Å². The summed E-state index contributed by atoms with van der Waals surface area (Å²) in [5.74, 6) is -0.147. The highest BCUT2D eigenvalue weighted by Gasteiger charge is 2.58. The first-order chi connectivity index (χ1) is 10.1. The van der Waals surface area contributed by atoms with Crippen molar-refractivity contribution in [1.82, 2.24) is 10.6 Å². The molecule has 3 amide bonds. The van der Waals surface area contributed by atoms with E-state index in [1.54, 1.807) is 12.1 Å². The SMILES string of the molecule is CC1(C)CC2(CC(C)(C)N1)NC(=O)N(c1ccccc1)C2=O. The van der Waals surface area contributed by atoms with Crippen molar-refractivity contribution in [3.63, 3.8) is 0 Å². The molecule has 3 rings (SSSR count). The molecule has 2 fully saturated rings. The number of hydrogen-bond donors (Lipinski definition) is 2. The third kappa shape index (κ3) is 2.39. The molecule has 1 aromatic rings. The Bertz CT molecular complexity index is 606. The van der Waals surface area contributed by atoms with E-state index in [-0.39, 0.29) is 23.0 Å². The molecule has 0 atom stereocenters. The summed E-state index contributed by atoms with van der Waals surface area (Å²) in [6, 6.07) is 8.77. The lowest BCUT2D eigenvalue weighted by Gasteiger charge is -2.50. The summed E-state index contributed by atoms with van der Waals surface area (Å²) in [4.78, 5) is 26.8. The number of nitrogens with zero attached hydrogens (tertiary/aromatic N) is 1. The fourth-order valence-electron chi connectivity index (χ4n) is 4.25. The highest BCUT2D eigenvalue weighted by atomic mass is 16.2. The van der Waals surface area contributed by atoms with Crippen LogP contribution in [0.25, 0.3) is 0 Å². The normalized spacial score (nSPS) is 25.4. The monoisotopic (exact) mass is 301 g/mol. The minimum atomic E-state index is -0.828. The molecule has 118 valence electrons. The molecule has 0 radical (unpaired) electrons. The van der Waals surface area contributed by atoms with Crippen molar-refractivity contribution in [3.05, 3.63) is 30.3 Å². The summed E-state index contributed by atoms with van der Waals surface area (Å²) in [5, 5.41) is 6.53. The van der Waals surface area contributed by atoms with Crippen molar-refractivity contribution < 1.29 is 9.59 Å². The van der Waals surface area contributed by atoms with E-state index in [1.165, 1.54) is 4.90 Å². The average Bonchev–Trinajstić information content (AvgIpc) is 2.57. The lowest BCUT2D eigenvalue weighted by atomic mass is 9.71. The molecule has 5 heteroatoms. The van der Waals surface area contributed by atoms with Gasteiger partial charge in [0.15, 0.2) is 0 Å². The van der Waals surface area contributed by atoms with Gasteiger partial charge in [-0.2, -0.15) is 0 Å². The van der Waals surface area contributed by atoms with Crippen LogP contribution in [0.15, 0.2) is 30.3 Å². The molecule has 5 nitrogen and oxygen atoms in total. The predicted octanol–water partition coefficient (Wildman–Crippen LogP) is 2.42. The number of benzene rings is 1. The van der Waals surface area contributed by atoms with Crippen LogP contribution in [0.5, 0.6) is 0 Å². The van der Waals surface area contributed by atoms with Gasteiger partial charge in [-0.25, -0.2) is 9.69 Å². The number of hydrogen-bond acceptors (Lipinski definition) is 3. The van der Waals surface area contributed by atoms with Crippen LogP contribution >= 0.6 is 0 Å². The predicted molar refractivity (Wildman–Crippen MR) is 85.7 cm³/mol. The fourth-order valence-corrected chi connectivity index (χ4v) is 4.25. The van der Waals surface area contributed by atoms with Crippen molar-refractivity contribution in [2.75, 3.05) is 4.90 Å². The van der Waals surface area contributed by atoms with Crippen LogP contribution in [-0.2, 0) is 4.79 Å². The zero-order valence-corrected chi connectivity index (χ0v) is 13.6. The Hall–Kier alpha value is -1.88. The van der Waals surface area contributed by atoms with Gasteiger partial charge >= 0.3 is 6.03 Å². The molecule has 22 heavy (non-hydrogen) atoms. The van der Waals surface area contributed by atoms with E-state index >= 15 is 0 Å². The smallest absolute Gasteiger partial charge is 0.323 e. The van der Waals surface area contributed by atoms with E-state index in [4.69, 9.17) is 0 Å². The zero-order chi connectivity index (χ0) is 16.2. The van der Waals surface area contributed by atoms with Crippen molar-refractivity contribution in [3.8, 4) is 0 Å². The number of imide groups is 1. The van der Waals surface area contributed by atoms with Gasteiger partial charge in [0.1, 0.15) is 5.54 Å². The van der Waals surface area contributed by atoms with Gasteiger partial charge in [0, 0.05) is 11.1 Å². The molecule has 0 aromatic heterocycles. The molecule has 2 aliphatic heterocycles. The van der Waals surface area contributed by atoms with Gasteiger partial charge in [0.05, 0.1) is 5.69 Å². The maximum absolute atomic E-state index is 13.1. The van der Waals surface area contributed by atoms with Crippen molar-refractivity contribution in [2.24, 2.45) is 0 Å². The summed E-state index contributed by atoms with van der Waals surface area (Å²) in [7, 11) is 0. The Labute approximate surface area is 131 Å². The number of urea groups is 1. The number of rotatable bonds is 1. The molecule has 2 heterocycles. The second kappa shape index (κ2) is 4.56. The molecule has 0 saturated carbocycles. The number of piperidine rings is 1. The molecular formula is C17H23N3O2. The van der Waals surface area contributed by atoms with E-state index in [2.05, 4.69) is 38.3 Å². The Morgan fingerprint density at radius 3 is 2.05 bits per heavy atom. The van der Waals surface area contributed by atoms with E-state index in [0.29, 0.717) is 18.5 Å². The molecule has 2 aliphatic rings. The minimum absolute atomic E-state index is 0.147. The van der Waals surface area contributed by atoms with Crippen LogP contribution in [0.2, 0.25) is 0 Å². The molecule has 2 N–H and O–H groups in total. The third-order valence-corrected chi connectivity index (χ3v) is 4.34. The second-order valence-electron chi connectivity index (χ2n) is 7.73. The third-order valence-electron chi connectivity index (χ3n) is 4.34. The van der Waals surface area contributed by atoms with Crippen molar-refractivity contribution in [1.29, 1.82) is 0 Å². The van der Waals surface area contributed by atoms with Gasteiger partial charge in [-0.1, -0.05) is 18.2 Å². The van der Waals surface area contributed by atoms with Gasteiger partial charge < -0.3 is 10.6 Å². The first-order valence-corrected chi connectivity index (χ1v) is 7.65. The van der Waals surface area contributed by atoms with E-state index in [1.807, 2.05) is 18.2 Å². The van der Waals surface area contributed by atoms with Gasteiger partial charge in [-0.15, -0.1) is 0 Å². The Morgan fingerprint density at radius 1 is 0.955 bits per heavy atom. The van der Waals surface area contributed by atoms with Crippen LogP contribution < -0.4 is 15.5 Å². The van der Waals surface area contributed by atoms with Crippen molar-refractivity contribution >= 4 is 17.6 Å². The van der Waals surface area contributed by atoms with Gasteiger partial charge in [0.2, 0.25) is 0 Å². The molecule has 1 aromatic carbocycles. The molecule has 2 saturated heterocycles. The standard InChI is InChI=1S/C17H23N3O2/c1-15(2)10-17(11-16(3,4)19-15)13(21)20(14(22)18-17)12-8-6-5-7-9-12/h5-9,19H,10-11H2,1-4H3,(H,18,22). The molecule has 0 aliphatic carbocycles. The van der Waals surface area contributed by atoms with E-state index in [0.717, 1.165) is 0 Å². The highest BCUT2D eigenvalue weighted by Crippen LogP contribution is 2.40. The van der Waals surface area contributed by atoms with Gasteiger partial charge in [-0.3, -0.25) is 4.79 Å². The zero-order valence-electron chi connectivity index (χ0n) is 13.6. The lowest BCUT2D eigenvalue weighted by molar-refractivity contribution is -0.125. The molecule has 0 bridgehead atoms. The first kappa shape index (κ1) is 15.0. The summed E-state index contributed by atoms with van der Waals surface area (Å²) in [6.45, 7) is 8.28. The maximum Gasteiger partial charge on any atom is 0.329 e. The molecule has 0 unspecified atom stereocenters. The second-order valence-corrected chi connectivity index (χ2v) is 7.73. The lowest BCUT2D eigenvalue weighted by Crippen LogP contribution is -2.68. The van der Waals surface area contributed by atoms with Crippen LogP contribution in [0.3, 0.4) is 0 Å².